The van der Waals surface area contributed by atoms with Gasteiger partial charge in [0.05, 0.1) is 25.9 Å². The van der Waals surface area contributed by atoms with E-state index >= 15 is 0 Å². The molecule has 3 N–H and O–H groups in total. The molecular formula is C21H30N4O3. The Balaban J connectivity index is 1.91. The minimum Gasteiger partial charge on any atom is -0.491 e. The van der Waals surface area contributed by atoms with Crippen LogP contribution < -0.4 is 20.1 Å². The molecule has 0 radical (unpaired) electrons. The first-order valence-corrected chi connectivity index (χ1v) is 9.47. The Morgan fingerprint density at radius 3 is 2.46 bits per heavy atom. The molecule has 0 spiro atoms. The van der Waals surface area contributed by atoms with Crippen molar-refractivity contribution in [3.63, 3.8) is 0 Å². The van der Waals surface area contributed by atoms with E-state index in [9.17, 15) is 5.11 Å². The number of rotatable bonds is 9. The lowest BCUT2D eigenvalue weighted by atomic mass is 10.1. The van der Waals surface area contributed by atoms with E-state index in [2.05, 4.69) is 20.6 Å². The summed E-state index contributed by atoms with van der Waals surface area (Å²) in [6.07, 6.45) is 1.21. The van der Waals surface area contributed by atoms with E-state index in [4.69, 9.17) is 9.47 Å². The van der Waals surface area contributed by atoms with E-state index < -0.39 is 6.10 Å². The van der Waals surface area contributed by atoms with Crippen LogP contribution in [0, 0.1) is 0 Å². The molecule has 0 saturated heterocycles. The lowest BCUT2D eigenvalue weighted by Gasteiger charge is -2.16. The first kappa shape index (κ1) is 21.5. The van der Waals surface area contributed by atoms with Crippen LogP contribution in [0.5, 0.6) is 11.6 Å². The van der Waals surface area contributed by atoms with Gasteiger partial charge < -0.3 is 25.2 Å². The standard InChI is InChI=1S/C21H30N4O3/c1-5-22-21(24-13-16-6-11-20(27-4)23-12-16)25-14-19(26)17-7-9-18(10-8-17)28-15(2)3/h6-12,15,19,26H,5,13-14H2,1-4H3,(H2,22,24,25). The maximum absolute atomic E-state index is 10.4. The summed E-state index contributed by atoms with van der Waals surface area (Å²) in [7, 11) is 1.59. The third-order valence-corrected chi connectivity index (χ3v) is 3.87. The zero-order valence-corrected chi connectivity index (χ0v) is 17.0. The number of benzene rings is 1. The van der Waals surface area contributed by atoms with Crippen molar-refractivity contribution in [2.24, 2.45) is 4.99 Å². The van der Waals surface area contributed by atoms with Crippen molar-refractivity contribution in [3.05, 3.63) is 53.7 Å². The van der Waals surface area contributed by atoms with Crippen LogP contribution in [0.4, 0.5) is 0 Å². The maximum Gasteiger partial charge on any atom is 0.212 e. The molecule has 1 unspecified atom stereocenters. The zero-order chi connectivity index (χ0) is 20.4. The predicted octanol–water partition coefficient (Wildman–Crippen LogP) is 2.67. The van der Waals surface area contributed by atoms with Crippen LogP contribution in [0.25, 0.3) is 0 Å². The molecule has 0 aliphatic heterocycles. The highest BCUT2D eigenvalue weighted by Crippen LogP contribution is 2.18. The van der Waals surface area contributed by atoms with Crippen molar-refractivity contribution in [2.75, 3.05) is 20.2 Å². The second-order valence-corrected chi connectivity index (χ2v) is 6.54. The van der Waals surface area contributed by atoms with Gasteiger partial charge in [0.2, 0.25) is 5.88 Å². The number of nitrogens with one attached hydrogen (secondary N) is 2. The molecule has 7 heteroatoms. The highest BCUT2D eigenvalue weighted by molar-refractivity contribution is 5.79. The first-order chi connectivity index (χ1) is 13.5. The van der Waals surface area contributed by atoms with Crippen molar-refractivity contribution in [3.8, 4) is 11.6 Å². The summed E-state index contributed by atoms with van der Waals surface area (Å²) in [6, 6.07) is 11.2. The van der Waals surface area contributed by atoms with Crippen LogP contribution in [-0.4, -0.2) is 42.4 Å². The van der Waals surface area contributed by atoms with Crippen LogP contribution >= 0.6 is 0 Å². The molecule has 1 heterocycles. The average molecular weight is 386 g/mol. The van der Waals surface area contributed by atoms with Gasteiger partial charge in [-0.3, -0.25) is 0 Å². The van der Waals surface area contributed by atoms with E-state index in [1.54, 1.807) is 13.3 Å². The van der Waals surface area contributed by atoms with Gasteiger partial charge in [0.1, 0.15) is 5.75 Å². The van der Waals surface area contributed by atoms with Crippen molar-refractivity contribution in [1.82, 2.24) is 15.6 Å². The number of hydrogen-bond acceptors (Lipinski definition) is 5. The summed E-state index contributed by atoms with van der Waals surface area (Å²) < 4.78 is 10.7. The molecule has 2 rings (SSSR count). The van der Waals surface area contributed by atoms with Gasteiger partial charge >= 0.3 is 0 Å². The molecule has 0 fully saturated rings. The highest BCUT2D eigenvalue weighted by atomic mass is 16.5. The quantitative estimate of drug-likeness (QED) is 0.454. The van der Waals surface area contributed by atoms with Gasteiger partial charge in [-0.2, -0.15) is 0 Å². The molecule has 1 atom stereocenters. The molecule has 1 aromatic heterocycles. The number of aromatic nitrogens is 1. The molecule has 0 saturated carbocycles. The summed E-state index contributed by atoms with van der Waals surface area (Å²) in [5, 5.41) is 16.8. The minimum absolute atomic E-state index is 0.122. The monoisotopic (exact) mass is 386 g/mol. The van der Waals surface area contributed by atoms with Crippen molar-refractivity contribution >= 4 is 5.96 Å². The Bertz CT molecular complexity index is 730. The summed E-state index contributed by atoms with van der Waals surface area (Å²) in [5.74, 6) is 2.00. The van der Waals surface area contributed by atoms with Crippen molar-refractivity contribution in [2.45, 2.75) is 39.5 Å². The fraction of sp³-hybridized carbons (Fsp3) is 0.429. The Hall–Kier alpha value is -2.80. The smallest absolute Gasteiger partial charge is 0.212 e. The predicted molar refractivity (Wildman–Crippen MR) is 111 cm³/mol. The molecule has 1 aromatic carbocycles. The molecule has 2 aromatic rings. The number of ether oxygens (including phenoxy) is 2. The summed E-state index contributed by atoms with van der Waals surface area (Å²) >= 11 is 0. The first-order valence-electron chi connectivity index (χ1n) is 9.47. The third kappa shape index (κ3) is 7.08. The van der Waals surface area contributed by atoms with E-state index in [1.165, 1.54) is 0 Å². The zero-order valence-electron chi connectivity index (χ0n) is 17.0. The number of aliphatic hydroxyl groups is 1. The third-order valence-electron chi connectivity index (χ3n) is 3.87. The summed E-state index contributed by atoms with van der Waals surface area (Å²) in [6.45, 7) is 7.51. The number of aliphatic hydroxyl groups excluding tert-OH is 1. The van der Waals surface area contributed by atoms with Crippen molar-refractivity contribution in [1.29, 1.82) is 0 Å². The average Bonchev–Trinajstić information content (AvgIpc) is 2.70. The van der Waals surface area contributed by atoms with E-state index in [0.29, 0.717) is 24.9 Å². The fourth-order valence-electron chi connectivity index (χ4n) is 2.49. The van der Waals surface area contributed by atoms with Crippen molar-refractivity contribution < 1.29 is 14.6 Å². The summed E-state index contributed by atoms with van der Waals surface area (Å²) in [5.41, 5.74) is 1.79. The van der Waals surface area contributed by atoms with Crippen LogP contribution in [-0.2, 0) is 6.54 Å². The molecule has 28 heavy (non-hydrogen) atoms. The van der Waals surface area contributed by atoms with Crippen LogP contribution in [0.2, 0.25) is 0 Å². The van der Waals surface area contributed by atoms with Crippen LogP contribution in [0.3, 0.4) is 0 Å². The van der Waals surface area contributed by atoms with Crippen LogP contribution in [0.1, 0.15) is 38.0 Å². The number of guanidine groups is 1. The molecular weight excluding hydrogens is 356 g/mol. The fourth-order valence-corrected chi connectivity index (χ4v) is 2.49. The topological polar surface area (TPSA) is 88.0 Å². The van der Waals surface area contributed by atoms with Gasteiger partial charge in [-0.15, -0.1) is 0 Å². The SMILES string of the molecule is CCNC(=NCc1ccc(OC)nc1)NCC(O)c1ccc(OC(C)C)cc1. The highest BCUT2D eigenvalue weighted by Gasteiger charge is 2.09. The lowest BCUT2D eigenvalue weighted by Crippen LogP contribution is -2.39. The number of hydrogen-bond donors (Lipinski definition) is 3. The van der Waals surface area contributed by atoms with Gasteiger partial charge in [0, 0.05) is 25.4 Å². The second-order valence-electron chi connectivity index (χ2n) is 6.54. The Morgan fingerprint density at radius 2 is 1.89 bits per heavy atom. The van der Waals surface area contributed by atoms with Gasteiger partial charge in [0.15, 0.2) is 5.96 Å². The number of pyridine rings is 1. The Kier molecular flexibility index (Phi) is 8.55. The van der Waals surface area contributed by atoms with Gasteiger partial charge in [-0.05, 0) is 44.0 Å². The van der Waals surface area contributed by atoms with E-state index in [1.807, 2.05) is 57.2 Å². The van der Waals surface area contributed by atoms with Gasteiger partial charge in [-0.25, -0.2) is 9.98 Å². The molecule has 7 nitrogen and oxygen atoms in total. The molecule has 0 amide bonds. The Labute approximate surface area is 166 Å². The van der Waals surface area contributed by atoms with Gasteiger partial charge in [-0.1, -0.05) is 18.2 Å². The molecule has 0 aliphatic carbocycles. The number of methoxy groups -OCH3 is 1. The van der Waals surface area contributed by atoms with E-state index in [0.717, 1.165) is 23.4 Å². The second kappa shape index (κ2) is 11.1. The molecule has 0 aliphatic rings. The normalized spacial score (nSPS) is 12.6. The molecule has 152 valence electrons. The minimum atomic E-state index is -0.653. The Morgan fingerprint density at radius 1 is 1.14 bits per heavy atom. The molecule has 0 bridgehead atoms. The lowest BCUT2D eigenvalue weighted by molar-refractivity contribution is 0.180. The number of aliphatic imine (C=N–C) groups is 1. The summed E-state index contributed by atoms with van der Waals surface area (Å²) in [4.78, 5) is 8.71. The van der Waals surface area contributed by atoms with Gasteiger partial charge in [0.25, 0.3) is 0 Å². The van der Waals surface area contributed by atoms with Crippen LogP contribution in [0.15, 0.2) is 47.6 Å². The maximum atomic E-state index is 10.4. The van der Waals surface area contributed by atoms with E-state index in [-0.39, 0.29) is 6.10 Å². The largest absolute Gasteiger partial charge is 0.491 e. The number of nitrogens with zero attached hydrogens (tertiary/aromatic N) is 2.